The number of piperidine rings is 1. The molecule has 0 radical (unpaired) electrons. The van der Waals surface area contributed by atoms with Crippen LogP contribution in [0.2, 0.25) is 0 Å². The minimum atomic E-state index is -0.436. The highest BCUT2D eigenvalue weighted by atomic mass is 32.2. The van der Waals surface area contributed by atoms with E-state index in [1.165, 1.54) is 0 Å². The van der Waals surface area contributed by atoms with Crippen LogP contribution in [0.15, 0.2) is 29.0 Å². The number of carbonyl (C=O) groups excluding carboxylic acids is 1. The third-order valence-electron chi connectivity index (χ3n) is 4.51. The molecule has 0 aromatic rings. The highest BCUT2D eigenvalue weighted by Crippen LogP contribution is 2.32. The number of likely N-dealkylation sites (tertiary alicyclic amines) is 1. The van der Waals surface area contributed by atoms with Crippen LogP contribution in [-0.4, -0.2) is 52.6 Å². The van der Waals surface area contributed by atoms with E-state index >= 15 is 0 Å². The van der Waals surface area contributed by atoms with E-state index in [-0.39, 0.29) is 12.1 Å². The first-order valence-electron chi connectivity index (χ1n) is 9.02. The van der Waals surface area contributed by atoms with E-state index < -0.39 is 5.60 Å². The number of aliphatic imine (C=N–C) groups is 1. The van der Waals surface area contributed by atoms with Crippen molar-refractivity contribution >= 4 is 22.9 Å². The predicted molar refractivity (Wildman–Crippen MR) is 102 cm³/mol. The Morgan fingerprint density at radius 3 is 2.76 bits per heavy atom. The molecule has 138 valence electrons. The number of hydrogen-bond donors (Lipinski definition) is 0. The molecule has 5 nitrogen and oxygen atoms in total. The standard InChI is InChI=1S/C19H28N2O3S/c1-13-20-16-11-15(5-6-17(16)25-13)23-12-14-7-9-21(10-8-14)18(22)24-19(2,3)4/h5-6,11,14,16-17H,7-10,12H2,1-4H3. The monoisotopic (exact) mass is 364 g/mol. The fraction of sp³-hybridized carbons (Fsp3) is 0.684. The molecule has 3 aliphatic rings. The topological polar surface area (TPSA) is 51.1 Å². The molecular formula is C19H28N2O3S. The van der Waals surface area contributed by atoms with Gasteiger partial charge in [-0.25, -0.2) is 4.79 Å². The molecule has 1 amide bonds. The van der Waals surface area contributed by atoms with Crippen molar-refractivity contribution in [3.05, 3.63) is 24.0 Å². The zero-order valence-corrected chi connectivity index (χ0v) is 16.3. The number of amides is 1. The molecular weight excluding hydrogens is 336 g/mol. The highest BCUT2D eigenvalue weighted by Gasteiger charge is 2.29. The summed E-state index contributed by atoms with van der Waals surface area (Å²) in [5, 5.41) is 1.58. The van der Waals surface area contributed by atoms with E-state index in [0.717, 1.165) is 36.7 Å². The van der Waals surface area contributed by atoms with Gasteiger partial charge in [-0.3, -0.25) is 4.99 Å². The number of hydrogen-bond acceptors (Lipinski definition) is 5. The number of fused-ring (bicyclic) bond motifs is 1. The summed E-state index contributed by atoms with van der Waals surface area (Å²) in [4.78, 5) is 18.5. The fourth-order valence-electron chi connectivity index (χ4n) is 3.20. The molecule has 2 atom stereocenters. The van der Waals surface area contributed by atoms with Crippen LogP contribution >= 0.6 is 11.8 Å². The summed E-state index contributed by atoms with van der Waals surface area (Å²) in [7, 11) is 0. The maximum absolute atomic E-state index is 12.1. The highest BCUT2D eigenvalue weighted by molar-refractivity contribution is 8.14. The molecule has 0 N–H and O–H groups in total. The first-order chi connectivity index (χ1) is 11.8. The molecule has 0 saturated carbocycles. The van der Waals surface area contributed by atoms with Crippen molar-refractivity contribution in [3.63, 3.8) is 0 Å². The molecule has 1 aliphatic carbocycles. The Balaban J connectivity index is 1.42. The van der Waals surface area contributed by atoms with Crippen LogP contribution in [0.4, 0.5) is 4.79 Å². The molecule has 2 unspecified atom stereocenters. The lowest BCUT2D eigenvalue weighted by Crippen LogP contribution is -2.42. The van der Waals surface area contributed by atoms with Gasteiger partial charge in [-0.05, 0) is 58.6 Å². The van der Waals surface area contributed by atoms with E-state index in [4.69, 9.17) is 9.47 Å². The second-order valence-corrected chi connectivity index (χ2v) is 9.24. The van der Waals surface area contributed by atoms with Gasteiger partial charge in [0, 0.05) is 13.1 Å². The minimum Gasteiger partial charge on any atom is -0.494 e. The number of allylic oxidation sites excluding steroid dienone is 1. The van der Waals surface area contributed by atoms with Gasteiger partial charge in [0.2, 0.25) is 0 Å². The summed E-state index contributed by atoms with van der Waals surface area (Å²) >= 11 is 1.82. The maximum atomic E-state index is 12.1. The summed E-state index contributed by atoms with van der Waals surface area (Å²) in [6.07, 6.45) is 8.09. The van der Waals surface area contributed by atoms with Gasteiger partial charge in [-0.1, -0.05) is 6.08 Å². The van der Waals surface area contributed by atoms with Gasteiger partial charge in [0.25, 0.3) is 0 Å². The molecule has 25 heavy (non-hydrogen) atoms. The second-order valence-electron chi connectivity index (χ2n) is 7.87. The van der Waals surface area contributed by atoms with Gasteiger partial charge in [0.1, 0.15) is 11.4 Å². The summed E-state index contributed by atoms with van der Waals surface area (Å²) in [5.74, 6) is 1.41. The van der Waals surface area contributed by atoms with Crippen molar-refractivity contribution in [1.29, 1.82) is 0 Å². The van der Waals surface area contributed by atoms with Crippen LogP contribution in [-0.2, 0) is 9.47 Å². The molecule has 6 heteroatoms. The van der Waals surface area contributed by atoms with Crippen LogP contribution in [0.5, 0.6) is 0 Å². The first-order valence-corrected chi connectivity index (χ1v) is 9.90. The average Bonchev–Trinajstić information content (AvgIpc) is 2.91. The largest absolute Gasteiger partial charge is 0.494 e. The van der Waals surface area contributed by atoms with Crippen LogP contribution in [0.25, 0.3) is 0 Å². The van der Waals surface area contributed by atoms with Crippen molar-refractivity contribution < 1.29 is 14.3 Å². The molecule has 1 fully saturated rings. The van der Waals surface area contributed by atoms with E-state index in [2.05, 4.69) is 30.1 Å². The number of thioether (sulfide) groups is 1. The van der Waals surface area contributed by atoms with Gasteiger partial charge >= 0.3 is 6.09 Å². The molecule has 3 rings (SSSR count). The van der Waals surface area contributed by atoms with Gasteiger partial charge in [0.15, 0.2) is 0 Å². The van der Waals surface area contributed by atoms with Crippen molar-refractivity contribution in [3.8, 4) is 0 Å². The van der Waals surface area contributed by atoms with E-state index in [9.17, 15) is 4.79 Å². The lowest BCUT2D eigenvalue weighted by Gasteiger charge is -2.33. The van der Waals surface area contributed by atoms with Crippen LogP contribution < -0.4 is 0 Å². The van der Waals surface area contributed by atoms with Gasteiger partial charge < -0.3 is 14.4 Å². The van der Waals surface area contributed by atoms with Crippen molar-refractivity contribution in [2.24, 2.45) is 10.9 Å². The van der Waals surface area contributed by atoms with Crippen LogP contribution in [0.1, 0.15) is 40.5 Å². The van der Waals surface area contributed by atoms with Crippen LogP contribution in [0, 0.1) is 5.92 Å². The summed E-state index contributed by atoms with van der Waals surface area (Å²) in [6, 6.07) is 0.221. The van der Waals surface area contributed by atoms with Gasteiger partial charge in [-0.15, -0.1) is 11.8 Å². The summed E-state index contributed by atoms with van der Waals surface area (Å²) < 4.78 is 11.4. The fourth-order valence-corrected chi connectivity index (χ4v) is 4.21. The Morgan fingerprint density at radius 1 is 1.36 bits per heavy atom. The van der Waals surface area contributed by atoms with Crippen molar-refractivity contribution in [2.45, 2.75) is 57.4 Å². The van der Waals surface area contributed by atoms with E-state index in [1.54, 1.807) is 4.90 Å². The molecule has 1 saturated heterocycles. The molecule has 0 bridgehead atoms. The number of carbonyl (C=O) groups is 1. The van der Waals surface area contributed by atoms with Crippen molar-refractivity contribution in [2.75, 3.05) is 19.7 Å². The molecule has 0 spiro atoms. The Bertz CT molecular complexity index is 598. The Hall–Kier alpha value is -1.43. The quantitative estimate of drug-likeness (QED) is 0.759. The smallest absolute Gasteiger partial charge is 0.410 e. The molecule has 0 aromatic carbocycles. The Morgan fingerprint density at radius 2 is 2.08 bits per heavy atom. The van der Waals surface area contributed by atoms with Crippen molar-refractivity contribution in [1.82, 2.24) is 4.90 Å². The third-order valence-corrected chi connectivity index (χ3v) is 5.67. The Labute approximate surface area is 154 Å². The summed E-state index contributed by atoms with van der Waals surface area (Å²) in [5.41, 5.74) is -0.436. The van der Waals surface area contributed by atoms with Crippen LogP contribution in [0.3, 0.4) is 0 Å². The number of rotatable bonds is 3. The average molecular weight is 365 g/mol. The maximum Gasteiger partial charge on any atom is 0.410 e. The zero-order valence-electron chi connectivity index (χ0n) is 15.5. The van der Waals surface area contributed by atoms with E-state index in [0.29, 0.717) is 17.8 Å². The van der Waals surface area contributed by atoms with Gasteiger partial charge in [0.05, 0.1) is 22.9 Å². The normalized spacial score (nSPS) is 26.8. The molecule has 0 aromatic heterocycles. The number of ether oxygens (including phenoxy) is 2. The molecule has 2 aliphatic heterocycles. The number of nitrogens with zero attached hydrogens (tertiary/aromatic N) is 2. The predicted octanol–water partition coefficient (Wildman–Crippen LogP) is 4.01. The third kappa shape index (κ3) is 5.03. The zero-order chi connectivity index (χ0) is 18.0. The lowest BCUT2D eigenvalue weighted by atomic mass is 9.98. The summed E-state index contributed by atoms with van der Waals surface area (Å²) in [6.45, 7) is 9.93. The van der Waals surface area contributed by atoms with Gasteiger partial charge in [-0.2, -0.15) is 0 Å². The first kappa shape index (κ1) is 18.4. The SMILES string of the molecule is CC1=NC2C=C(OCC3CCN(C(=O)OC(C)(C)C)CC3)C=CC2S1. The second kappa shape index (κ2) is 7.44. The lowest BCUT2D eigenvalue weighted by molar-refractivity contribution is 0.0150. The van der Waals surface area contributed by atoms with E-state index in [1.807, 2.05) is 32.5 Å². The minimum absolute atomic E-state index is 0.206. The Kier molecular flexibility index (Phi) is 5.46. The molecule has 2 heterocycles.